The van der Waals surface area contributed by atoms with Crippen molar-refractivity contribution in [3.63, 3.8) is 0 Å². The molecule has 3 heterocycles. The lowest BCUT2D eigenvalue weighted by Gasteiger charge is -2.42. The van der Waals surface area contributed by atoms with Gasteiger partial charge in [-0.2, -0.15) is 0 Å². The summed E-state index contributed by atoms with van der Waals surface area (Å²) in [5.41, 5.74) is 2.98. The van der Waals surface area contributed by atoms with Crippen LogP contribution in [0, 0.1) is 0 Å². The molecule has 6 nitrogen and oxygen atoms in total. The number of ether oxygens (including phenoxy) is 1. The number of amides is 2. The number of hydrogen-bond acceptors (Lipinski definition) is 4. The van der Waals surface area contributed by atoms with Gasteiger partial charge in [0.2, 0.25) is 5.91 Å². The number of benzene rings is 1. The highest BCUT2D eigenvalue weighted by Crippen LogP contribution is 2.40. The first-order valence-corrected chi connectivity index (χ1v) is 10.5. The molecule has 4 rings (SSSR count). The normalized spacial score (nSPS) is 26.4. The maximum Gasteiger partial charge on any atom is 0.256 e. The highest BCUT2D eigenvalue weighted by atomic mass is 16.5. The van der Waals surface area contributed by atoms with Crippen molar-refractivity contribution in [3.05, 3.63) is 23.8 Å². The number of carbonyl (C=O) groups excluding carboxylic acids is 2. The van der Waals surface area contributed by atoms with E-state index in [0.717, 1.165) is 50.1 Å². The van der Waals surface area contributed by atoms with Crippen molar-refractivity contribution in [1.82, 2.24) is 4.90 Å². The molecule has 3 aliphatic heterocycles. The van der Waals surface area contributed by atoms with Crippen LogP contribution in [0.1, 0.15) is 51.0 Å². The Balaban J connectivity index is 1.70. The van der Waals surface area contributed by atoms with Gasteiger partial charge in [-0.1, -0.05) is 6.07 Å². The van der Waals surface area contributed by atoms with Crippen molar-refractivity contribution in [2.75, 3.05) is 43.1 Å². The predicted molar refractivity (Wildman–Crippen MR) is 110 cm³/mol. The van der Waals surface area contributed by atoms with Crippen LogP contribution in [0.5, 0.6) is 0 Å². The Hall–Kier alpha value is -1.92. The number of rotatable bonds is 2. The van der Waals surface area contributed by atoms with Crippen LogP contribution in [0.4, 0.5) is 11.4 Å². The van der Waals surface area contributed by atoms with E-state index in [1.54, 1.807) is 6.92 Å². The van der Waals surface area contributed by atoms with Gasteiger partial charge in [0.25, 0.3) is 5.91 Å². The first-order chi connectivity index (χ1) is 13.5. The summed E-state index contributed by atoms with van der Waals surface area (Å²) in [6.07, 6.45) is 3.62. The molecule has 0 spiro atoms. The molecule has 0 aromatic heterocycles. The first-order valence-electron chi connectivity index (χ1n) is 10.5. The number of nitrogens with zero attached hydrogens (tertiary/aromatic N) is 3. The summed E-state index contributed by atoms with van der Waals surface area (Å²) in [5, 5.41) is 0. The average molecular weight is 386 g/mol. The molecule has 0 bridgehead atoms. The summed E-state index contributed by atoms with van der Waals surface area (Å²) in [6.45, 7) is 6.96. The topological polar surface area (TPSA) is 53.1 Å². The molecule has 28 heavy (non-hydrogen) atoms. The third kappa shape index (κ3) is 3.55. The van der Waals surface area contributed by atoms with Crippen LogP contribution in [0.15, 0.2) is 18.2 Å². The molecule has 2 unspecified atom stereocenters. The van der Waals surface area contributed by atoms with Crippen molar-refractivity contribution < 1.29 is 14.3 Å². The van der Waals surface area contributed by atoms with Crippen LogP contribution in [0.25, 0.3) is 0 Å². The van der Waals surface area contributed by atoms with E-state index in [0.29, 0.717) is 19.1 Å². The van der Waals surface area contributed by atoms with Crippen molar-refractivity contribution in [1.29, 1.82) is 0 Å². The van der Waals surface area contributed by atoms with Gasteiger partial charge in [-0.05, 0) is 76.4 Å². The number of hydrogen-bond donors (Lipinski definition) is 0. The highest BCUT2D eigenvalue weighted by Gasteiger charge is 2.37. The summed E-state index contributed by atoms with van der Waals surface area (Å²) in [5.74, 6) is 0.561. The zero-order chi connectivity index (χ0) is 19.8. The Labute approximate surface area is 167 Å². The van der Waals surface area contributed by atoms with Crippen molar-refractivity contribution in [3.8, 4) is 0 Å². The zero-order valence-corrected chi connectivity index (χ0v) is 17.2. The van der Waals surface area contributed by atoms with Gasteiger partial charge < -0.3 is 19.4 Å². The van der Waals surface area contributed by atoms with Gasteiger partial charge in [-0.3, -0.25) is 9.59 Å². The molecule has 2 fully saturated rings. The van der Waals surface area contributed by atoms with Crippen LogP contribution >= 0.6 is 0 Å². The summed E-state index contributed by atoms with van der Waals surface area (Å²) < 4.78 is 5.67. The number of carbonyl (C=O) groups is 2. The fourth-order valence-electron chi connectivity index (χ4n) is 4.87. The number of piperidine rings is 1. The lowest BCUT2D eigenvalue weighted by Crippen LogP contribution is -2.53. The molecule has 1 aromatic carbocycles. The second-order valence-electron chi connectivity index (χ2n) is 8.51. The summed E-state index contributed by atoms with van der Waals surface area (Å²) in [7, 11) is 2.16. The van der Waals surface area contributed by atoms with E-state index in [1.165, 1.54) is 5.56 Å². The van der Waals surface area contributed by atoms with Gasteiger partial charge in [-0.25, -0.2) is 0 Å². The van der Waals surface area contributed by atoms with Crippen LogP contribution in [0.2, 0.25) is 0 Å². The summed E-state index contributed by atoms with van der Waals surface area (Å²) in [6, 6.07) is 6.29. The van der Waals surface area contributed by atoms with Gasteiger partial charge in [0, 0.05) is 20.1 Å². The summed E-state index contributed by atoms with van der Waals surface area (Å²) >= 11 is 0. The van der Waals surface area contributed by atoms with Crippen LogP contribution < -0.4 is 9.80 Å². The minimum atomic E-state index is -0.351. The lowest BCUT2D eigenvalue weighted by molar-refractivity contribution is -0.127. The quantitative estimate of drug-likeness (QED) is 0.786. The molecule has 6 heteroatoms. The predicted octanol–water partition coefficient (Wildman–Crippen LogP) is 2.76. The largest absolute Gasteiger partial charge is 0.368 e. The van der Waals surface area contributed by atoms with Gasteiger partial charge in [0.05, 0.1) is 17.4 Å². The molecular formula is C22H31N3O3. The van der Waals surface area contributed by atoms with E-state index in [9.17, 15) is 9.59 Å². The molecule has 2 amide bonds. The third-order valence-electron chi connectivity index (χ3n) is 6.44. The Morgan fingerprint density at radius 1 is 1.11 bits per heavy atom. The molecule has 0 radical (unpaired) electrons. The van der Waals surface area contributed by atoms with Gasteiger partial charge >= 0.3 is 0 Å². The first kappa shape index (κ1) is 19.4. The molecule has 1 aromatic rings. The Kier molecular flexibility index (Phi) is 5.43. The van der Waals surface area contributed by atoms with E-state index in [1.807, 2.05) is 22.8 Å². The zero-order valence-electron chi connectivity index (χ0n) is 17.2. The second-order valence-corrected chi connectivity index (χ2v) is 8.51. The molecule has 0 saturated carbocycles. The average Bonchev–Trinajstić information content (AvgIpc) is 3.21. The van der Waals surface area contributed by atoms with Crippen LogP contribution in [-0.4, -0.2) is 62.1 Å². The number of likely N-dealkylation sites (tertiary alicyclic amines) is 1. The minimum absolute atomic E-state index is 0.0185. The van der Waals surface area contributed by atoms with Crippen molar-refractivity contribution >= 4 is 23.2 Å². The fourth-order valence-corrected chi connectivity index (χ4v) is 4.87. The number of fused-ring (bicyclic) bond motifs is 1. The Bertz CT molecular complexity index is 751. The van der Waals surface area contributed by atoms with E-state index >= 15 is 0 Å². The molecule has 2 saturated heterocycles. The molecular weight excluding hydrogens is 354 g/mol. The molecule has 2 atom stereocenters. The van der Waals surface area contributed by atoms with Crippen LogP contribution in [-0.2, 0) is 14.3 Å². The SMILES string of the molecule is CC(=O)N1c2ccc(C3CCN(C)CC3)cc2N(C(=O)C2CCCO2)CC1C. The molecule has 3 aliphatic rings. The second kappa shape index (κ2) is 7.84. The highest BCUT2D eigenvalue weighted by molar-refractivity contribution is 6.05. The fraction of sp³-hybridized carbons (Fsp3) is 0.636. The van der Waals surface area contributed by atoms with E-state index in [4.69, 9.17) is 4.74 Å². The van der Waals surface area contributed by atoms with Gasteiger partial charge in [-0.15, -0.1) is 0 Å². The molecule has 0 N–H and O–H groups in total. The smallest absolute Gasteiger partial charge is 0.256 e. The summed E-state index contributed by atoms with van der Waals surface area (Å²) in [4.78, 5) is 31.6. The van der Waals surface area contributed by atoms with Crippen LogP contribution in [0.3, 0.4) is 0 Å². The Morgan fingerprint density at radius 3 is 2.50 bits per heavy atom. The third-order valence-corrected chi connectivity index (χ3v) is 6.44. The van der Waals surface area contributed by atoms with Crippen molar-refractivity contribution in [2.24, 2.45) is 0 Å². The van der Waals surface area contributed by atoms with Crippen molar-refractivity contribution in [2.45, 2.75) is 57.6 Å². The monoisotopic (exact) mass is 385 g/mol. The minimum Gasteiger partial charge on any atom is -0.368 e. The van der Waals surface area contributed by atoms with E-state index in [2.05, 4.69) is 24.1 Å². The van der Waals surface area contributed by atoms with E-state index < -0.39 is 0 Å². The molecule has 152 valence electrons. The van der Waals surface area contributed by atoms with E-state index in [-0.39, 0.29) is 24.0 Å². The Morgan fingerprint density at radius 2 is 1.86 bits per heavy atom. The maximum absolute atomic E-state index is 13.2. The van der Waals surface area contributed by atoms with Gasteiger partial charge in [0.15, 0.2) is 0 Å². The van der Waals surface area contributed by atoms with Gasteiger partial charge in [0.1, 0.15) is 6.10 Å². The molecule has 0 aliphatic carbocycles. The lowest BCUT2D eigenvalue weighted by atomic mass is 9.88. The maximum atomic E-state index is 13.2. The number of anilines is 2. The standard InChI is InChI=1S/C22H31N3O3/c1-15-14-24(22(27)21-5-4-12-28-21)20-13-18(17-8-10-23(3)11-9-17)6-7-19(20)25(15)16(2)26/h6-7,13,15,17,21H,4-5,8-12,14H2,1-3H3.